The van der Waals surface area contributed by atoms with Gasteiger partial charge in [-0.15, -0.1) is 0 Å². The fourth-order valence-electron chi connectivity index (χ4n) is 5.51. The van der Waals surface area contributed by atoms with E-state index in [2.05, 4.69) is 72.5 Å². The summed E-state index contributed by atoms with van der Waals surface area (Å²) in [5, 5.41) is 2.04. The standard InChI is InChI=1S/C35H41NO4S/c1-3-4-24-41(37,38)40-32-17-19-34-30(26-32)14-18-33(29-12-8-27(2)9-13-29)35(34)25-28-10-15-31(16-11-28)39-23-22-36-20-6-5-7-21-36/h8-19,26H,3-7,20-25H2,1-2H3. The number of piperidine rings is 1. The smallest absolute Gasteiger partial charge is 0.309 e. The van der Waals surface area contributed by atoms with Gasteiger partial charge in [0, 0.05) is 6.54 Å². The molecule has 216 valence electrons. The van der Waals surface area contributed by atoms with Crippen molar-refractivity contribution < 1.29 is 17.3 Å². The van der Waals surface area contributed by atoms with Gasteiger partial charge in [-0.2, -0.15) is 8.42 Å². The number of nitrogens with zero attached hydrogens (tertiary/aromatic N) is 1. The third kappa shape index (κ3) is 7.90. The van der Waals surface area contributed by atoms with Crippen LogP contribution in [0.15, 0.2) is 78.9 Å². The summed E-state index contributed by atoms with van der Waals surface area (Å²) in [5.74, 6) is 1.28. The maximum Gasteiger partial charge on any atom is 0.309 e. The van der Waals surface area contributed by atoms with Gasteiger partial charge in [-0.25, -0.2) is 0 Å². The first-order valence-electron chi connectivity index (χ1n) is 14.9. The highest BCUT2D eigenvalue weighted by molar-refractivity contribution is 7.87. The van der Waals surface area contributed by atoms with Crippen LogP contribution >= 0.6 is 0 Å². The second-order valence-corrected chi connectivity index (χ2v) is 12.8. The summed E-state index contributed by atoms with van der Waals surface area (Å²) in [5.41, 5.74) is 5.94. The highest BCUT2D eigenvalue weighted by Gasteiger charge is 2.16. The molecule has 0 bridgehead atoms. The molecule has 0 saturated carbocycles. The van der Waals surface area contributed by atoms with Gasteiger partial charge in [-0.05, 0) is 103 Å². The molecular formula is C35H41NO4S. The molecular weight excluding hydrogens is 530 g/mol. The third-order valence-electron chi connectivity index (χ3n) is 7.87. The van der Waals surface area contributed by atoms with E-state index in [1.807, 2.05) is 19.1 Å². The molecule has 0 spiro atoms. The van der Waals surface area contributed by atoms with Crippen molar-refractivity contribution in [3.8, 4) is 22.6 Å². The van der Waals surface area contributed by atoms with Gasteiger partial charge in [0.05, 0.1) is 5.75 Å². The number of ether oxygens (including phenoxy) is 1. The Labute approximate surface area is 245 Å². The lowest BCUT2D eigenvalue weighted by Gasteiger charge is -2.26. The Bertz CT molecular complexity index is 1540. The van der Waals surface area contributed by atoms with Gasteiger partial charge in [0.1, 0.15) is 18.1 Å². The monoisotopic (exact) mass is 571 g/mol. The van der Waals surface area contributed by atoms with Crippen LogP contribution in [0.4, 0.5) is 0 Å². The van der Waals surface area contributed by atoms with E-state index in [-0.39, 0.29) is 5.75 Å². The van der Waals surface area contributed by atoms with Gasteiger partial charge in [0.2, 0.25) is 0 Å². The minimum absolute atomic E-state index is 0.0249. The van der Waals surface area contributed by atoms with E-state index in [0.29, 0.717) is 18.8 Å². The van der Waals surface area contributed by atoms with E-state index < -0.39 is 10.1 Å². The molecule has 1 heterocycles. The highest BCUT2D eigenvalue weighted by atomic mass is 32.2. The summed E-state index contributed by atoms with van der Waals surface area (Å²) < 4.78 is 36.3. The summed E-state index contributed by atoms with van der Waals surface area (Å²) in [4.78, 5) is 2.49. The number of fused-ring (bicyclic) bond motifs is 1. The Morgan fingerprint density at radius 2 is 1.56 bits per heavy atom. The Morgan fingerprint density at radius 1 is 0.829 bits per heavy atom. The lowest BCUT2D eigenvalue weighted by molar-refractivity contribution is 0.183. The van der Waals surface area contributed by atoms with Crippen molar-refractivity contribution in [2.24, 2.45) is 0 Å². The number of unbranched alkanes of at least 4 members (excludes halogenated alkanes) is 1. The average Bonchev–Trinajstić information content (AvgIpc) is 2.98. The van der Waals surface area contributed by atoms with Crippen molar-refractivity contribution in [1.82, 2.24) is 4.90 Å². The van der Waals surface area contributed by atoms with Crippen molar-refractivity contribution in [3.63, 3.8) is 0 Å². The Kier molecular flexibility index (Phi) is 9.63. The largest absolute Gasteiger partial charge is 0.492 e. The molecule has 41 heavy (non-hydrogen) atoms. The molecule has 0 unspecified atom stereocenters. The van der Waals surface area contributed by atoms with Gasteiger partial charge in [-0.1, -0.05) is 79.9 Å². The minimum atomic E-state index is -3.61. The molecule has 5 rings (SSSR count). The molecule has 0 radical (unpaired) electrons. The van der Waals surface area contributed by atoms with Crippen LogP contribution in [-0.2, 0) is 16.5 Å². The topological polar surface area (TPSA) is 55.8 Å². The van der Waals surface area contributed by atoms with Crippen molar-refractivity contribution in [2.75, 3.05) is 32.0 Å². The number of benzene rings is 4. The molecule has 0 atom stereocenters. The molecule has 4 aromatic carbocycles. The first kappa shape index (κ1) is 29.2. The van der Waals surface area contributed by atoms with Crippen LogP contribution in [-0.4, -0.2) is 45.3 Å². The third-order valence-corrected chi connectivity index (χ3v) is 9.10. The van der Waals surface area contributed by atoms with Gasteiger partial charge in [0.15, 0.2) is 0 Å². The maximum atomic E-state index is 12.4. The van der Waals surface area contributed by atoms with E-state index in [9.17, 15) is 8.42 Å². The molecule has 0 amide bonds. The second kappa shape index (κ2) is 13.5. The summed E-state index contributed by atoms with van der Waals surface area (Å²) in [6.07, 6.45) is 6.06. The molecule has 1 aliphatic rings. The minimum Gasteiger partial charge on any atom is -0.492 e. The zero-order chi connectivity index (χ0) is 28.7. The molecule has 6 heteroatoms. The summed E-state index contributed by atoms with van der Waals surface area (Å²) in [6, 6.07) is 26.8. The fourth-order valence-corrected chi connectivity index (χ4v) is 6.63. The molecule has 0 N–H and O–H groups in total. The summed E-state index contributed by atoms with van der Waals surface area (Å²) >= 11 is 0. The summed E-state index contributed by atoms with van der Waals surface area (Å²) in [7, 11) is -3.61. The lowest BCUT2D eigenvalue weighted by Crippen LogP contribution is -2.33. The number of aryl methyl sites for hydroxylation is 1. The Morgan fingerprint density at radius 3 is 2.29 bits per heavy atom. The maximum absolute atomic E-state index is 12.4. The summed E-state index contributed by atoms with van der Waals surface area (Å²) in [6.45, 7) is 8.10. The number of hydrogen-bond acceptors (Lipinski definition) is 5. The number of likely N-dealkylation sites (tertiary alicyclic amines) is 1. The predicted molar refractivity (Wildman–Crippen MR) is 168 cm³/mol. The average molecular weight is 572 g/mol. The first-order valence-corrected chi connectivity index (χ1v) is 16.5. The van der Waals surface area contributed by atoms with Crippen LogP contribution in [0.2, 0.25) is 0 Å². The van der Waals surface area contributed by atoms with Crippen LogP contribution in [0.5, 0.6) is 11.5 Å². The van der Waals surface area contributed by atoms with Gasteiger partial charge >= 0.3 is 10.1 Å². The molecule has 4 aromatic rings. The normalized spacial score (nSPS) is 14.3. The van der Waals surface area contributed by atoms with E-state index >= 15 is 0 Å². The molecule has 0 aromatic heterocycles. The molecule has 1 saturated heterocycles. The molecule has 0 aliphatic carbocycles. The van der Waals surface area contributed by atoms with Crippen LogP contribution in [0.3, 0.4) is 0 Å². The van der Waals surface area contributed by atoms with Crippen molar-refractivity contribution in [2.45, 2.75) is 52.4 Å². The lowest BCUT2D eigenvalue weighted by atomic mass is 9.90. The number of hydrogen-bond donors (Lipinski definition) is 0. The van der Waals surface area contributed by atoms with Crippen LogP contribution < -0.4 is 8.92 Å². The second-order valence-electron chi connectivity index (χ2n) is 11.1. The quantitative estimate of drug-likeness (QED) is 0.163. The van der Waals surface area contributed by atoms with E-state index in [1.165, 1.54) is 54.6 Å². The van der Waals surface area contributed by atoms with Crippen LogP contribution in [0.25, 0.3) is 21.9 Å². The molecule has 1 fully saturated rings. The zero-order valence-electron chi connectivity index (χ0n) is 24.3. The first-order chi connectivity index (χ1) is 19.9. The Balaban J connectivity index is 1.39. The number of rotatable bonds is 12. The van der Waals surface area contributed by atoms with E-state index in [0.717, 1.165) is 41.5 Å². The Hall–Kier alpha value is -3.35. The van der Waals surface area contributed by atoms with Crippen molar-refractivity contribution in [1.29, 1.82) is 0 Å². The van der Waals surface area contributed by atoms with E-state index in [1.54, 1.807) is 6.07 Å². The zero-order valence-corrected chi connectivity index (χ0v) is 25.1. The fraction of sp³-hybridized carbons (Fsp3) is 0.371. The van der Waals surface area contributed by atoms with E-state index in [4.69, 9.17) is 8.92 Å². The molecule has 5 nitrogen and oxygen atoms in total. The molecule has 1 aliphatic heterocycles. The van der Waals surface area contributed by atoms with Gasteiger partial charge in [0.25, 0.3) is 0 Å². The highest BCUT2D eigenvalue weighted by Crippen LogP contribution is 2.34. The van der Waals surface area contributed by atoms with Crippen molar-refractivity contribution >= 4 is 20.9 Å². The van der Waals surface area contributed by atoms with Crippen molar-refractivity contribution in [3.05, 3.63) is 95.6 Å². The van der Waals surface area contributed by atoms with Gasteiger partial charge < -0.3 is 8.92 Å². The van der Waals surface area contributed by atoms with Crippen LogP contribution in [0, 0.1) is 6.92 Å². The predicted octanol–water partition coefficient (Wildman–Crippen LogP) is 7.78. The van der Waals surface area contributed by atoms with Gasteiger partial charge in [-0.3, -0.25) is 4.90 Å². The van der Waals surface area contributed by atoms with Crippen LogP contribution in [0.1, 0.15) is 55.7 Å². The SMILES string of the molecule is CCCCS(=O)(=O)Oc1ccc2c(Cc3ccc(OCCN4CCCCC4)cc3)c(-c3ccc(C)cc3)ccc2c1.